The van der Waals surface area contributed by atoms with Gasteiger partial charge in [-0.3, -0.25) is 9.69 Å². The summed E-state index contributed by atoms with van der Waals surface area (Å²) in [6.45, 7) is 3.58. The Labute approximate surface area is 107 Å². The highest BCUT2D eigenvalue weighted by Crippen LogP contribution is 2.17. The van der Waals surface area contributed by atoms with Crippen LogP contribution in [0.4, 0.5) is 11.4 Å². The molecule has 5 heteroatoms. The van der Waals surface area contributed by atoms with E-state index in [0.717, 1.165) is 24.2 Å². The summed E-state index contributed by atoms with van der Waals surface area (Å²) in [6, 6.07) is 5.40. The molecule has 1 atom stereocenters. The van der Waals surface area contributed by atoms with Gasteiger partial charge in [-0.1, -0.05) is 0 Å². The van der Waals surface area contributed by atoms with Crippen molar-refractivity contribution in [3.63, 3.8) is 0 Å². The van der Waals surface area contributed by atoms with Gasteiger partial charge in [-0.2, -0.15) is 0 Å². The number of β-amino-alcohol motifs (C(OH)–C–C–N with tert-alkyl or cyclic N) is 1. The summed E-state index contributed by atoms with van der Waals surface area (Å²) in [7, 11) is 0. The zero-order valence-corrected chi connectivity index (χ0v) is 10.5. The van der Waals surface area contributed by atoms with Crippen LogP contribution in [-0.2, 0) is 4.79 Å². The number of likely N-dealkylation sites (tertiary alicyclic amines) is 1. The van der Waals surface area contributed by atoms with Crippen LogP contribution in [0.5, 0.6) is 0 Å². The predicted octanol–water partition coefficient (Wildman–Crippen LogP) is 0.582. The largest absolute Gasteiger partial charge is 0.399 e. The van der Waals surface area contributed by atoms with Gasteiger partial charge in [0.1, 0.15) is 0 Å². The SMILES string of the molecule is Cc1cc(N)ccc1NC(=O)CN1CCC(O)C1. The second kappa shape index (κ2) is 5.37. The first kappa shape index (κ1) is 12.9. The molecule has 1 saturated heterocycles. The molecule has 5 nitrogen and oxygen atoms in total. The molecule has 0 spiro atoms. The minimum Gasteiger partial charge on any atom is -0.399 e. The number of benzene rings is 1. The molecule has 0 aromatic heterocycles. The molecule has 1 unspecified atom stereocenters. The summed E-state index contributed by atoms with van der Waals surface area (Å²) < 4.78 is 0. The van der Waals surface area contributed by atoms with Crippen LogP contribution in [-0.4, -0.2) is 41.7 Å². The fraction of sp³-hybridized carbons (Fsp3) is 0.462. The van der Waals surface area contributed by atoms with Crippen LogP contribution in [0.1, 0.15) is 12.0 Å². The van der Waals surface area contributed by atoms with Crippen molar-refractivity contribution in [2.45, 2.75) is 19.4 Å². The second-order valence-corrected chi connectivity index (χ2v) is 4.80. The fourth-order valence-corrected chi connectivity index (χ4v) is 2.18. The molecule has 1 aliphatic heterocycles. The number of amides is 1. The van der Waals surface area contributed by atoms with Crippen LogP contribution >= 0.6 is 0 Å². The highest BCUT2D eigenvalue weighted by Gasteiger charge is 2.22. The summed E-state index contributed by atoms with van der Waals surface area (Å²) in [5.74, 6) is -0.0584. The minimum atomic E-state index is -0.295. The third-order valence-corrected chi connectivity index (χ3v) is 3.14. The summed E-state index contributed by atoms with van der Waals surface area (Å²) >= 11 is 0. The maximum atomic E-state index is 11.8. The van der Waals surface area contributed by atoms with Gasteiger partial charge in [0.2, 0.25) is 5.91 Å². The average molecular weight is 249 g/mol. The van der Waals surface area contributed by atoms with Gasteiger partial charge in [0, 0.05) is 24.5 Å². The normalized spacial score (nSPS) is 20.0. The number of anilines is 2. The van der Waals surface area contributed by atoms with Crippen LogP contribution in [0, 0.1) is 6.92 Å². The van der Waals surface area contributed by atoms with Gasteiger partial charge in [-0.15, -0.1) is 0 Å². The Kier molecular flexibility index (Phi) is 3.84. The molecule has 1 fully saturated rings. The number of carbonyl (C=O) groups excluding carboxylic acids is 1. The van der Waals surface area contributed by atoms with Crippen molar-refractivity contribution in [3.05, 3.63) is 23.8 Å². The Bertz CT molecular complexity index is 448. The highest BCUT2D eigenvalue weighted by atomic mass is 16.3. The topological polar surface area (TPSA) is 78.6 Å². The lowest BCUT2D eigenvalue weighted by Crippen LogP contribution is -2.32. The van der Waals surface area contributed by atoms with Gasteiger partial charge < -0.3 is 16.2 Å². The van der Waals surface area contributed by atoms with E-state index in [2.05, 4.69) is 5.32 Å². The predicted molar refractivity (Wildman–Crippen MR) is 71.3 cm³/mol. The number of aliphatic hydroxyl groups is 1. The Balaban J connectivity index is 1.91. The standard InChI is InChI=1S/C13H19N3O2/c1-9-6-10(14)2-3-12(9)15-13(18)8-16-5-4-11(17)7-16/h2-3,6,11,17H,4-5,7-8,14H2,1H3,(H,15,18). The monoisotopic (exact) mass is 249 g/mol. The van der Waals surface area contributed by atoms with Crippen molar-refractivity contribution < 1.29 is 9.90 Å². The van der Waals surface area contributed by atoms with Crippen molar-refractivity contribution in [3.8, 4) is 0 Å². The third kappa shape index (κ3) is 3.21. The zero-order chi connectivity index (χ0) is 13.1. The molecule has 1 amide bonds. The summed E-state index contributed by atoms with van der Waals surface area (Å²) in [6.07, 6.45) is 0.449. The lowest BCUT2D eigenvalue weighted by molar-refractivity contribution is -0.117. The lowest BCUT2D eigenvalue weighted by atomic mass is 10.2. The molecule has 1 aliphatic rings. The number of rotatable bonds is 3. The minimum absolute atomic E-state index is 0.0584. The van der Waals surface area contributed by atoms with E-state index in [9.17, 15) is 9.90 Å². The molecule has 0 radical (unpaired) electrons. The molecule has 4 N–H and O–H groups in total. The molecule has 0 saturated carbocycles. The number of nitrogens with zero attached hydrogens (tertiary/aromatic N) is 1. The van der Waals surface area contributed by atoms with Crippen LogP contribution in [0.2, 0.25) is 0 Å². The average Bonchev–Trinajstić information content (AvgIpc) is 2.68. The fourth-order valence-electron chi connectivity index (χ4n) is 2.18. The molecule has 98 valence electrons. The first-order chi connectivity index (χ1) is 8.54. The van der Waals surface area contributed by atoms with Crippen molar-refractivity contribution in [1.29, 1.82) is 0 Å². The number of hydrogen-bond donors (Lipinski definition) is 3. The Morgan fingerprint density at radius 2 is 2.39 bits per heavy atom. The first-order valence-electron chi connectivity index (χ1n) is 6.11. The maximum absolute atomic E-state index is 11.8. The van der Waals surface area contributed by atoms with Crippen molar-refractivity contribution in [1.82, 2.24) is 4.90 Å². The van der Waals surface area contributed by atoms with Crippen LogP contribution in [0.3, 0.4) is 0 Å². The van der Waals surface area contributed by atoms with Crippen molar-refractivity contribution in [2.75, 3.05) is 30.7 Å². The highest BCUT2D eigenvalue weighted by molar-refractivity contribution is 5.93. The van der Waals surface area contributed by atoms with E-state index in [1.54, 1.807) is 12.1 Å². The summed E-state index contributed by atoms with van der Waals surface area (Å²) in [4.78, 5) is 13.8. The molecule has 18 heavy (non-hydrogen) atoms. The Hall–Kier alpha value is -1.59. The molecule has 1 aromatic carbocycles. The molecular weight excluding hydrogens is 230 g/mol. The van der Waals surface area contributed by atoms with Crippen LogP contribution < -0.4 is 11.1 Å². The zero-order valence-electron chi connectivity index (χ0n) is 10.5. The molecule has 0 bridgehead atoms. The molecule has 1 aromatic rings. The molecule has 1 heterocycles. The van der Waals surface area contributed by atoms with Gasteiger partial charge in [-0.25, -0.2) is 0 Å². The summed E-state index contributed by atoms with van der Waals surface area (Å²) in [5, 5.41) is 12.3. The van der Waals surface area contributed by atoms with Gasteiger partial charge in [0.25, 0.3) is 0 Å². The second-order valence-electron chi connectivity index (χ2n) is 4.80. The van der Waals surface area contributed by atoms with Crippen LogP contribution in [0.15, 0.2) is 18.2 Å². The smallest absolute Gasteiger partial charge is 0.238 e. The van der Waals surface area contributed by atoms with E-state index in [4.69, 9.17) is 5.73 Å². The number of aliphatic hydroxyl groups excluding tert-OH is 1. The van der Waals surface area contributed by atoms with E-state index in [0.29, 0.717) is 18.8 Å². The Morgan fingerprint density at radius 1 is 1.61 bits per heavy atom. The number of nitrogen functional groups attached to an aromatic ring is 1. The number of hydrogen-bond acceptors (Lipinski definition) is 4. The van der Waals surface area contributed by atoms with Gasteiger partial charge in [-0.05, 0) is 37.1 Å². The van der Waals surface area contributed by atoms with E-state index in [-0.39, 0.29) is 12.0 Å². The van der Waals surface area contributed by atoms with Gasteiger partial charge in [0.15, 0.2) is 0 Å². The molecule has 2 rings (SSSR count). The van der Waals surface area contributed by atoms with Crippen molar-refractivity contribution in [2.24, 2.45) is 0 Å². The van der Waals surface area contributed by atoms with Crippen molar-refractivity contribution >= 4 is 17.3 Å². The van der Waals surface area contributed by atoms with Crippen LogP contribution in [0.25, 0.3) is 0 Å². The Morgan fingerprint density at radius 3 is 3.00 bits per heavy atom. The van der Waals surface area contributed by atoms with E-state index < -0.39 is 0 Å². The number of nitrogens with one attached hydrogen (secondary N) is 1. The van der Waals surface area contributed by atoms with E-state index in [1.165, 1.54) is 0 Å². The number of aryl methyl sites for hydroxylation is 1. The van der Waals surface area contributed by atoms with Gasteiger partial charge >= 0.3 is 0 Å². The lowest BCUT2D eigenvalue weighted by Gasteiger charge is -2.15. The quantitative estimate of drug-likeness (QED) is 0.685. The van der Waals surface area contributed by atoms with E-state index in [1.807, 2.05) is 17.9 Å². The maximum Gasteiger partial charge on any atom is 0.238 e. The van der Waals surface area contributed by atoms with Gasteiger partial charge in [0.05, 0.1) is 12.6 Å². The third-order valence-electron chi connectivity index (χ3n) is 3.14. The number of nitrogens with two attached hydrogens (primary N) is 1. The first-order valence-corrected chi connectivity index (χ1v) is 6.11. The molecule has 0 aliphatic carbocycles. The molecular formula is C13H19N3O2. The number of carbonyl (C=O) groups is 1. The summed E-state index contributed by atoms with van der Waals surface area (Å²) in [5.41, 5.74) is 8.08. The van der Waals surface area contributed by atoms with E-state index >= 15 is 0 Å².